The molecule has 0 spiro atoms. The molecule has 2 rings (SSSR count). The summed E-state index contributed by atoms with van der Waals surface area (Å²) in [6.45, 7) is 1.71. The number of hydrogen-bond acceptors (Lipinski definition) is 2. The van der Waals surface area contributed by atoms with Gasteiger partial charge in [-0.15, -0.1) is 6.42 Å². The standard InChI is InChI=1S/C14H20N2O3/c1-3-9(2)15-14(19)16-11-7-5-4-6-10(11)8-12(16)13(17)18/h1,9-12H,4-8H2,2H3,(H,15,19)(H,17,18). The normalized spacial score (nSPS) is 31.2. The summed E-state index contributed by atoms with van der Waals surface area (Å²) >= 11 is 0. The van der Waals surface area contributed by atoms with Gasteiger partial charge in [-0.25, -0.2) is 9.59 Å². The second kappa shape index (κ2) is 5.52. The first-order valence-electron chi connectivity index (χ1n) is 6.82. The van der Waals surface area contributed by atoms with E-state index in [9.17, 15) is 14.7 Å². The third-order valence-electron chi connectivity index (χ3n) is 4.20. The zero-order valence-electron chi connectivity index (χ0n) is 11.1. The van der Waals surface area contributed by atoms with Gasteiger partial charge in [0.15, 0.2) is 0 Å². The van der Waals surface area contributed by atoms with E-state index in [1.165, 1.54) is 4.90 Å². The molecule has 1 saturated heterocycles. The number of fused-ring (bicyclic) bond motifs is 1. The molecule has 4 atom stereocenters. The fourth-order valence-corrected chi connectivity index (χ4v) is 3.27. The van der Waals surface area contributed by atoms with Crippen LogP contribution in [0.1, 0.15) is 39.0 Å². The molecule has 5 heteroatoms. The lowest BCUT2D eigenvalue weighted by molar-refractivity contribution is -0.141. The van der Waals surface area contributed by atoms with E-state index < -0.39 is 12.0 Å². The van der Waals surface area contributed by atoms with Crippen LogP contribution in [0.5, 0.6) is 0 Å². The van der Waals surface area contributed by atoms with Crippen molar-refractivity contribution in [2.45, 2.75) is 57.2 Å². The maximum Gasteiger partial charge on any atom is 0.326 e. The summed E-state index contributed by atoms with van der Waals surface area (Å²) in [4.78, 5) is 25.1. The molecule has 19 heavy (non-hydrogen) atoms. The molecule has 0 radical (unpaired) electrons. The van der Waals surface area contributed by atoms with Gasteiger partial charge in [-0.2, -0.15) is 0 Å². The van der Waals surface area contributed by atoms with Crippen molar-refractivity contribution in [3.05, 3.63) is 0 Å². The van der Waals surface area contributed by atoms with Crippen molar-refractivity contribution in [2.75, 3.05) is 0 Å². The Bertz CT molecular complexity index is 415. The summed E-state index contributed by atoms with van der Waals surface area (Å²) in [6.07, 6.45) is 9.91. The van der Waals surface area contributed by atoms with Gasteiger partial charge in [0.25, 0.3) is 0 Å². The smallest absolute Gasteiger partial charge is 0.326 e. The Morgan fingerprint density at radius 1 is 1.42 bits per heavy atom. The van der Waals surface area contributed by atoms with E-state index in [2.05, 4.69) is 11.2 Å². The molecule has 104 valence electrons. The first-order valence-corrected chi connectivity index (χ1v) is 6.82. The van der Waals surface area contributed by atoms with Crippen LogP contribution < -0.4 is 5.32 Å². The number of likely N-dealkylation sites (tertiary alicyclic amines) is 1. The third-order valence-corrected chi connectivity index (χ3v) is 4.20. The number of carboxylic acid groups (broad SMARTS) is 1. The minimum Gasteiger partial charge on any atom is -0.480 e. The van der Waals surface area contributed by atoms with E-state index in [4.69, 9.17) is 6.42 Å². The van der Waals surface area contributed by atoms with E-state index in [0.29, 0.717) is 12.3 Å². The van der Waals surface area contributed by atoms with Crippen molar-refractivity contribution in [3.63, 3.8) is 0 Å². The molecule has 5 nitrogen and oxygen atoms in total. The first-order chi connectivity index (χ1) is 9.04. The van der Waals surface area contributed by atoms with Gasteiger partial charge < -0.3 is 15.3 Å². The van der Waals surface area contributed by atoms with Crippen LogP contribution in [0.25, 0.3) is 0 Å². The van der Waals surface area contributed by atoms with Gasteiger partial charge in [-0.3, -0.25) is 0 Å². The molecular weight excluding hydrogens is 244 g/mol. The first kappa shape index (κ1) is 13.7. The van der Waals surface area contributed by atoms with Gasteiger partial charge >= 0.3 is 12.0 Å². The van der Waals surface area contributed by atoms with E-state index >= 15 is 0 Å². The van der Waals surface area contributed by atoms with Crippen LogP contribution in [0.3, 0.4) is 0 Å². The summed E-state index contributed by atoms with van der Waals surface area (Å²) in [5.41, 5.74) is 0. The average Bonchev–Trinajstić information content (AvgIpc) is 2.78. The fraction of sp³-hybridized carbons (Fsp3) is 0.714. The number of urea groups is 1. The van der Waals surface area contributed by atoms with Crippen LogP contribution in [0.2, 0.25) is 0 Å². The second-order valence-electron chi connectivity index (χ2n) is 5.45. The molecule has 0 bridgehead atoms. The highest BCUT2D eigenvalue weighted by Crippen LogP contribution is 2.39. The van der Waals surface area contributed by atoms with Crippen LogP contribution in [-0.4, -0.2) is 40.1 Å². The Kier molecular flexibility index (Phi) is 3.98. The summed E-state index contributed by atoms with van der Waals surface area (Å²) in [6, 6.07) is -1.38. The summed E-state index contributed by atoms with van der Waals surface area (Å²) in [5.74, 6) is 1.83. The van der Waals surface area contributed by atoms with Crippen LogP contribution in [0, 0.1) is 18.3 Å². The molecule has 2 aliphatic rings. The molecule has 1 aliphatic heterocycles. The number of nitrogens with one attached hydrogen (secondary N) is 1. The quantitative estimate of drug-likeness (QED) is 0.741. The Hall–Kier alpha value is -1.70. The second-order valence-corrected chi connectivity index (χ2v) is 5.45. The number of nitrogens with zero attached hydrogens (tertiary/aromatic N) is 1. The van der Waals surface area contributed by atoms with Gasteiger partial charge in [0.05, 0.1) is 6.04 Å². The van der Waals surface area contributed by atoms with Crippen LogP contribution in [0.4, 0.5) is 4.79 Å². The van der Waals surface area contributed by atoms with Gasteiger partial charge in [0, 0.05) is 6.04 Å². The minimum absolute atomic E-state index is 0.0554. The van der Waals surface area contributed by atoms with E-state index in [1.54, 1.807) is 6.92 Å². The molecule has 1 saturated carbocycles. The van der Waals surface area contributed by atoms with Gasteiger partial charge in [0.2, 0.25) is 0 Å². The van der Waals surface area contributed by atoms with E-state index in [-0.39, 0.29) is 18.1 Å². The van der Waals surface area contributed by atoms with Crippen molar-refractivity contribution in [3.8, 4) is 12.3 Å². The van der Waals surface area contributed by atoms with Crippen molar-refractivity contribution in [1.29, 1.82) is 0 Å². The zero-order valence-corrected chi connectivity index (χ0v) is 11.1. The van der Waals surface area contributed by atoms with E-state index in [0.717, 1.165) is 25.7 Å². The molecule has 1 aliphatic carbocycles. The molecule has 2 amide bonds. The lowest BCUT2D eigenvalue weighted by atomic mass is 9.85. The van der Waals surface area contributed by atoms with Gasteiger partial charge in [-0.05, 0) is 32.1 Å². The highest BCUT2D eigenvalue weighted by Gasteiger charge is 2.47. The van der Waals surface area contributed by atoms with Crippen molar-refractivity contribution in [2.24, 2.45) is 5.92 Å². The number of carbonyl (C=O) groups excluding carboxylic acids is 1. The summed E-state index contributed by atoms with van der Waals surface area (Å²) < 4.78 is 0. The van der Waals surface area contributed by atoms with Crippen molar-refractivity contribution in [1.82, 2.24) is 10.2 Å². The predicted octanol–water partition coefficient (Wildman–Crippen LogP) is 1.44. The number of carbonyl (C=O) groups is 2. The van der Waals surface area contributed by atoms with E-state index in [1.807, 2.05) is 0 Å². The number of rotatable bonds is 2. The number of hydrogen-bond donors (Lipinski definition) is 2. The Balaban J connectivity index is 2.15. The van der Waals surface area contributed by atoms with Crippen molar-refractivity contribution < 1.29 is 14.7 Å². The maximum atomic E-state index is 12.2. The predicted molar refractivity (Wildman–Crippen MR) is 70.5 cm³/mol. The molecule has 0 aromatic rings. The Labute approximate surface area is 113 Å². The summed E-state index contributed by atoms with van der Waals surface area (Å²) in [7, 11) is 0. The molecule has 2 fully saturated rings. The maximum absolute atomic E-state index is 12.2. The lowest BCUT2D eigenvalue weighted by Crippen LogP contribution is -2.52. The molecular formula is C14H20N2O3. The van der Waals surface area contributed by atoms with Gasteiger partial charge in [-0.1, -0.05) is 18.8 Å². The molecule has 1 heterocycles. The van der Waals surface area contributed by atoms with Crippen molar-refractivity contribution >= 4 is 12.0 Å². The molecule has 0 aromatic carbocycles. The average molecular weight is 264 g/mol. The Morgan fingerprint density at radius 2 is 2.11 bits per heavy atom. The van der Waals surface area contributed by atoms with Crippen LogP contribution >= 0.6 is 0 Å². The highest BCUT2D eigenvalue weighted by atomic mass is 16.4. The number of aliphatic carboxylic acids is 1. The monoisotopic (exact) mass is 264 g/mol. The Morgan fingerprint density at radius 3 is 2.74 bits per heavy atom. The number of carboxylic acids is 1. The summed E-state index contributed by atoms with van der Waals surface area (Å²) in [5, 5.41) is 12.0. The van der Waals surface area contributed by atoms with Gasteiger partial charge in [0.1, 0.15) is 6.04 Å². The largest absolute Gasteiger partial charge is 0.480 e. The molecule has 4 unspecified atom stereocenters. The topological polar surface area (TPSA) is 69.6 Å². The lowest BCUT2D eigenvalue weighted by Gasteiger charge is -2.33. The zero-order chi connectivity index (χ0) is 14.0. The highest BCUT2D eigenvalue weighted by molar-refractivity contribution is 5.84. The minimum atomic E-state index is -0.919. The number of terminal acetylenes is 1. The van der Waals surface area contributed by atoms with Crippen LogP contribution in [0.15, 0.2) is 0 Å². The molecule has 0 aromatic heterocycles. The van der Waals surface area contributed by atoms with Crippen LogP contribution in [-0.2, 0) is 4.79 Å². The SMILES string of the molecule is C#CC(C)NC(=O)N1C(C(=O)O)CC2CCCCC21. The number of amides is 2. The fourth-order valence-electron chi connectivity index (χ4n) is 3.27. The molecule has 2 N–H and O–H groups in total. The third kappa shape index (κ3) is 2.67.